The molecule has 3 unspecified atom stereocenters. The molecule has 1 saturated heterocycles. The second-order valence-corrected chi connectivity index (χ2v) is 4.98. The summed E-state index contributed by atoms with van der Waals surface area (Å²) in [6.07, 6.45) is 3.13. The molecule has 5 nitrogen and oxygen atoms in total. The van der Waals surface area contributed by atoms with Crippen LogP contribution in [0.1, 0.15) is 33.1 Å². The summed E-state index contributed by atoms with van der Waals surface area (Å²) in [6.45, 7) is 6.20. The van der Waals surface area contributed by atoms with Crippen molar-refractivity contribution in [1.29, 1.82) is 0 Å². The molecule has 0 bridgehead atoms. The number of hydrogen-bond acceptors (Lipinski definition) is 4. The molecule has 1 heterocycles. The second kappa shape index (κ2) is 7.71. The van der Waals surface area contributed by atoms with E-state index in [9.17, 15) is 4.79 Å². The summed E-state index contributed by atoms with van der Waals surface area (Å²) >= 11 is 0. The highest BCUT2D eigenvalue weighted by Crippen LogP contribution is 2.21. The number of likely N-dealkylation sites (tertiary alicyclic amines) is 1. The number of piperidine rings is 1. The first-order valence-corrected chi connectivity index (χ1v) is 6.90. The van der Waals surface area contributed by atoms with Crippen LogP contribution in [0.5, 0.6) is 0 Å². The van der Waals surface area contributed by atoms with E-state index in [0.717, 1.165) is 32.4 Å². The van der Waals surface area contributed by atoms with E-state index in [4.69, 9.17) is 10.5 Å². The molecule has 0 aromatic carbocycles. The van der Waals surface area contributed by atoms with E-state index in [2.05, 4.69) is 17.1 Å². The maximum Gasteiger partial charge on any atom is 0.237 e. The van der Waals surface area contributed by atoms with Gasteiger partial charge in [-0.3, -0.25) is 9.69 Å². The summed E-state index contributed by atoms with van der Waals surface area (Å²) < 4.78 is 5.39. The van der Waals surface area contributed by atoms with E-state index < -0.39 is 0 Å². The molecule has 18 heavy (non-hydrogen) atoms. The van der Waals surface area contributed by atoms with Gasteiger partial charge < -0.3 is 15.8 Å². The number of carbonyl (C=O) groups is 1. The Bertz CT molecular complexity index is 261. The standard InChI is InChI=1S/C13H27N3O2/c1-4-6-15-13(17)10(2)16-7-5-12(18-3)8-11(16)9-14/h10-12H,4-9,14H2,1-3H3,(H,15,17). The number of hydrogen-bond donors (Lipinski definition) is 2. The highest BCUT2D eigenvalue weighted by molar-refractivity contribution is 5.81. The Morgan fingerprint density at radius 2 is 2.33 bits per heavy atom. The van der Waals surface area contributed by atoms with Crippen LogP contribution in [-0.2, 0) is 9.53 Å². The Balaban J connectivity index is 2.55. The highest BCUT2D eigenvalue weighted by Gasteiger charge is 2.33. The van der Waals surface area contributed by atoms with E-state index >= 15 is 0 Å². The van der Waals surface area contributed by atoms with E-state index in [1.165, 1.54) is 0 Å². The lowest BCUT2D eigenvalue weighted by atomic mass is 9.97. The fourth-order valence-electron chi connectivity index (χ4n) is 2.53. The van der Waals surface area contributed by atoms with Crippen LogP contribution in [0, 0.1) is 0 Å². The van der Waals surface area contributed by atoms with Crippen molar-refractivity contribution in [1.82, 2.24) is 10.2 Å². The molecule has 3 N–H and O–H groups in total. The fraction of sp³-hybridized carbons (Fsp3) is 0.923. The molecule has 0 aromatic rings. The zero-order valence-electron chi connectivity index (χ0n) is 11.8. The van der Waals surface area contributed by atoms with Gasteiger partial charge in [-0.05, 0) is 26.2 Å². The molecule has 0 saturated carbocycles. The second-order valence-electron chi connectivity index (χ2n) is 4.98. The van der Waals surface area contributed by atoms with Gasteiger partial charge in [0.1, 0.15) is 0 Å². The van der Waals surface area contributed by atoms with Crippen molar-refractivity contribution in [3.63, 3.8) is 0 Å². The number of nitrogens with two attached hydrogens (primary N) is 1. The van der Waals surface area contributed by atoms with Crippen molar-refractivity contribution in [2.45, 2.75) is 51.3 Å². The molecule has 1 aliphatic rings. The Kier molecular flexibility index (Phi) is 6.60. The fourth-order valence-corrected chi connectivity index (χ4v) is 2.53. The van der Waals surface area contributed by atoms with Gasteiger partial charge in [0, 0.05) is 32.8 Å². The van der Waals surface area contributed by atoms with Gasteiger partial charge in [-0.25, -0.2) is 0 Å². The first kappa shape index (κ1) is 15.4. The van der Waals surface area contributed by atoms with Crippen LogP contribution in [0.15, 0.2) is 0 Å². The lowest BCUT2D eigenvalue weighted by molar-refractivity contribution is -0.128. The topological polar surface area (TPSA) is 67.6 Å². The molecule has 0 aromatic heterocycles. The maximum atomic E-state index is 12.0. The van der Waals surface area contributed by atoms with Crippen molar-refractivity contribution < 1.29 is 9.53 Å². The van der Waals surface area contributed by atoms with Gasteiger partial charge in [0.15, 0.2) is 0 Å². The van der Waals surface area contributed by atoms with E-state index in [-0.39, 0.29) is 24.1 Å². The summed E-state index contributed by atoms with van der Waals surface area (Å²) in [7, 11) is 1.74. The Morgan fingerprint density at radius 1 is 1.61 bits per heavy atom. The van der Waals surface area contributed by atoms with Crippen molar-refractivity contribution >= 4 is 5.91 Å². The summed E-state index contributed by atoms with van der Waals surface area (Å²) in [4.78, 5) is 14.2. The summed E-state index contributed by atoms with van der Waals surface area (Å²) in [5.74, 6) is 0.103. The summed E-state index contributed by atoms with van der Waals surface area (Å²) in [5.41, 5.74) is 5.82. The molecule has 1 amide bonds. The number of nitrogens with zero attached hydrogens (tertiary/aromatic N) is 1. The molecule has 0 radical (unpaired) electrons. The first-order chi connectivity index (χ1) is 8.63. The van der Waals surface area contributed by atoms with Gasteiger partial charge in [0.2, 0.25) is 5.91 Å². The molecule has 0 spiro atoms. The van der Waals surface area contributed by atoms with Crippen LogP contribution >= 0.6 is 0 Å². The average Bonchev–Trinajstić information content (AvgIpc) is 2.43. The van der Waals surface area contributed by atoms with Gasteiger partial charge in [-0.2, -0.15) is 0 Å². The summed E-state index contributed by atoms with van der Waals surface area (Å²) in [6, 6.07) is 0.133. The smallest absolute Gasteiger partial charge is 0.237 e. The Morgan fingerprint density at radius 3 is 2.89 bits per heavy atom. The molecular weight excluding hydrogens is 230 g/mol. The third kappa shape index (κ3) is 3.93. The van der Waals surface area contributed by atoms with Gasteiger partial charge in [0.05, 0.1) is 12.1 Å². The SMILES string of the molecule is CCCNC(=O)C(C)N1CCC(OC)CC1CN. The number of nitrogens with one attached hydrogen (secondary N) is 1. The normalized spacial score (nSPS) is 26.9. The van der Waals surface area contributed by atoms with Gasteiger partial charge in [0.25, 0.3) is 0 Å². The minimum atomic E-state index is -0.108. The minimum absolute atomic E-state index is 0.103. The molecule has 5 heteroatoms. The number of methoxy groups -OCH3 is 1. The maximum absolute atomic E-state index is 12.0. The van der Waals surface area contributed by atoms with E-state index in [1.807, 2.05) is 6.92 Å². The lowest BCUT2D eigenvalue weighted by Gasteiger charge is -2.41. The zero-order valence-corrected chi connectivity index (χ0v) is 11.8. The molecule has 1 rings (SSSR count). The van der Waals surface area contributed by atoms with Gasteiger partial charge in [-0.1, -0.05) is 6.92 Å². The Labute approximate surface area is 110 Å². The van der Waals surface area contributed by atoms with Crippen molar-refractivity contribution in [3.05, 3.63) is 0 Å². The quantitative estimate of drug-likeness (QED) is 0.720. The zero-order chi connectivity index (χ0) is 13.5. The predicted octanol–water partition coefficient (Wildman–Crippen LogP) is 0.339. The predicted molar refractivity (Wildman–Crippen MR) is 72.3 cm³/mol. The number of amides is 1. The summed E-state index contributed by atoms with van der Waals surface area (Å²) in [5, 5.41) is 2.95. The van der Waals surface area contributed by atoms with Gasteiger partial charge >= 0.3 is 0 Å². The third-order valence-corrected chi connectivity index (χ3v) is 3.74. The minimum Gasteiger partial charge on any atom is -0.381 e. The number of carbonyl (C=O) groups excluding carboxylic acids is 1. The van der Waals surface area contributed by atoms with Crippen LogP contribution in [0.2, 0.25) is 0 Å². The van der Waals surface area contributed by atoms with Crippen LogP contribution in [0.25, 0.3) is 0 Å². The van der Waals surface area contributed by atoms with Crippen LogP contribution in [0.4, 0.5) is 0 Å². The molecule has 0 aliphatic carbocycles. The Hall–Kier alpha value is -0.650. The lowest BCUT2D eigenvalue weighted by Crippen LogP contribution is -2.56. The molecule has 3 atom stereocenters. The average molecular weight is 257 g/mol. The third-order valence-electron chi connectivity index (χ3n) is 3.74. The number of rotatable bonds is 6. The molecule has 1 fully saturated rings. The first-order valence-electron chi connectivity index (χ1n) is 6.90. The largest absolute Gasteiger partial charge is 0.381 e. The van der Waals surface area contributed by atoms with E-state index in [0.29, 0.717) is 6.54 Å². The molecule has 106 valence electrons. The van der Waals surface area contributed by atoms with Crippen LogP contribution < -0.4 is 11.1 Å². The van der Waals surface area contributed by atoms with Crippen LogP contribution in [-0.4, -0.2) is 55.7 Å². The molecular formula is C13H27N3O2. The van der Waals surface area contributed by atoms with Crippen molar-refractivity contribution in [2.24, 2.45) is 5.73 Å². The molecule has 1 aliphatic heterocycles. The number of ether oxygens (including phenoxy) is 1. The van der Waals surface area contributed by atoms with Crippen molar-refractivity contribution in [3.8, 4) is 0 Å². The van der Waals surface area contributed by atoms with Crippen molar-refractivity contribution in [2.75, 3.05) is 26.7 Å². The van der Waals surface area contributed by atoms with Crippen LogP contribution in [0.3, 0.4) is 0 Å². The monoisotopic (exact) mass is 257 g/mol. The highest BCUT2D eigenvalue weighted by atomic mass is 16.5. The van der Waals surface area contributed by atoms with Gasteiger partial charge in [-0.15, -0.1) is 0 Å². The van der Waals surface area contributed by atoms with E-state index in [1.54, 1.807) is 7.11 Å².